The lowest BCUT2D eigenvalue weighted by atomic mass is 9.44. The van der Waals surface area contributed by atoms with Crippen LogP contribution < -0.4 is 5.32 Å². The third-order valence-electron chi connectivity index (χ3n) is 13.8. The largest absolute Gasteiger partial charge is 0.455 e. The minimum absolute atomic E-state index is 0.0599. The standard InChI is InChI=1S/C49H63NO15/c1-10-11-14-23-34(53)62-38(36(29-19-15-12-16-20-29)50-44(58)65-45(4,5)6)43(57)61-31-25-49(59)41(63-42(56)30-21-17-13-18-22-30)39-47(9,40(55)37(54)35(27(31)2)46(49,7)8)32(52)24-33-48(39,26-60-33)64-28(3)51/h12-13,15-22,31-33,36-39,41,52,54,59H,10-11,14,23-26H2,1-9H3,(H,50,58)/t31-,32-,33+,36-,37+,38+,39-,41-,47+,48-,49+/m0/s1. The van der Waals surface area contributed by atoms with Crippen LogP contribution in [0.15, 0.2) is 71.8 Å². The molecule has 65 heavy (non-hydrogen) atoms. The molecule has 3 aliphatic carbocycles. The molecule has 1 aliphatic heterocycles. The van der Waals surface area contributed by atoms with Gasteiger partial charge in [-0.3, -0.25) is 14.4 Å². The number of aliphatic hydroxyl groups is 3. The molecule has 11 atom stereocenters. The SMILES string of the molecule is CCCCCC(=O)O[C@@H](C(=O)O[C@H]1C[C@@]2(O)[C@@H](OC(=O)c3ccccc3)[C@@H]3[C@]4(OC(C)=O)CO[C@@H]4C[C@H](O)[C@@]3(C)C(=O)[C@H](O)C(=C1C)C2(C)C)[C@@H](NC(=O)OC(C)(C)C)c1ccccc1. The number of rotatable bonds is 13. The summed E-state index contributed by atoms with van der Waals surface area (Å²) < 4.78 is 36.1. The number of hydrogen-bond donors (Lipinski definition) is 4. The number of ketones is 1. The molecule has 0 aromatic heterocycles. The van der Waals surface area contributed by atoms with E-state index in [0.717, 1.165) is 13.3 Å². The Hall–Kier alpha value is -5.16. The fourth-order valence-corrected chi connectivity index (χ4v) is 10.4. The van der Waals surface area contributed by atoms with Crippen molar-refractivity contribution in [3.63, 3.8) is 0 Å². The Labute approximate surface area is 379 Å². The highest BCUT2D eigenvalue weighted by Gasteiger charge is 2.78. The van der Waals surface area contributed by atoms with Gasteiger partial charge in [0.2, 0.25) is 6.10 Å². The number of fused-ring (bicyclic) bond motifs is 5. The van der Waals surface area contributed by atoms with E-state index in [2.05, 4.69) is 5.32 Å². The van der Waals surface area contributed by atoms with Crippen molar-refractivity contribution < 1.29 is 72.5 Å². The van der Waals surface area contributed by atoms with Gasteiger partial charge in [-0.15, -0.1) is 0 Å². The Bertz CT molecular complexity index is 2170. The molecule has 0 radical (unpaired) electrons. The van der Waals surface area contributed by atoms with Crippen LogP contribution in [0.2, 0.25) is 0 Å². The Balaban J connectivity index is 1.52. The Morgan fingerprint density at radius 2 is 1.57 bits per heavy atom. The highest BCUT2D eigenvalue weighted by Crippen LogP contribution is 2.64. The lowest BCUT2D eigenvalue weighted by Gasteiger charge is -2.67. The lowest BCUT2D eigenvalue weighted by Crippen LogP contribution is -2.81. The molecule has 0 unspecified atom stereocenters. The number of carbonyl (C=O) groups excluding carboxylic acids is 6. The second kappa shape index (κ2) is 18.6. The summed E-state index contributed by atoms with van der Waals surface area (Å²) in [6.07, 6.45) is -9.58. The summed E-state index contributed by atoms with van der Waals surface area (Å²) in [6.45, 7) is 13.8. The van der Waals surface area contributed by atoms with Gasteiger partial charge in [0.25, 0.3) is 0 Å². The molecule has 1 amide bonds. The van der Waals surface area contributed by atoms with Gasteiger partial charge in [0.15, 0.2) is 11.4 Å². The first-order valence-corrected chi connectivity index (χ1v) is 22.3. The molecule has 2 aromatic carbocycles. The van der Waals surface area contributed by atoms with E-state index in [0.29, 0.717) is 18.4 Å². The van der Waals surface area contributed by atoms with Gasteiger partial charge in [-0.05, 0) is 69.9 Å². The summed E-state index contributed by atoms with van der Waals surface area (Å²) in [5.41, 5.74) is -8.32. The first-order chi connectivity index (χ1) is 30.4. The van der Waals surface area contributed by atoms with E-state index >= 15 is 4.79 Å². The number of nitrogens with one attached hydrogen (secondary N) is 1. The number of hydrogen-bond acceptors (Lipinski definition) is 15. The number of aliphatic hydroxyl groups excluding tert-OH is 2. The van der Waals surface area contributed by atoms with E-state index in [9.17, 15) is 39.3 Å². The minimum Gasteiger partial charge on any atom is -0.455 e. The summed E-state index contributed by atoms with van der Waals surface area (Å²) >= 11 is 0. The van der Waals surface area contributed by atoms with Gasteiger partial charge in [-0.25, -0.2) is 14.4 Å². The van der Waals surface area contributed by atoms with E-state index in [1.165, 1.54) is 26.0 Å². The highest BCUT2D eigenvalue weighted by atomic mass is 16.6. The molecule has 354 valence electrons. The number of Topliss-reactive ketones (excluding diaryl/α,β-unsaturated/α-hetero) is 1. The Morgan fingerprint density at radius 3 is 2.14 bits per heavy atom. The van der Waals surface area contributed by atoms with Crippen molar-refractivity contribution in [1.29, 1.82) is 0 Å². The quantitative estimate of drug-likeness (QED) is 0.0855. The van der Waals surface area contributed by atoms with E-state index in [1.54, 1.807) is 83.1 Å². The van der Waals surface area contributed by atoms with Crippen LogP contribution in [0.1, 0.15) is 123 Å². The number of carbonyl (C=O) groups is 6. The number of ether oxygens (including phenoxy) is 6. The number of benzene rings is 2. The summed E-state index contributed by atoms with van der Waals surface area (Å²) in [7, 11) is 0. The molecule has 16 nitrogen and oxygen atoms in total. The smallest absolute Gasteiger partial charge is 0.408 e. The summed E-state index contributed by atoms with van der Waals surface area (Å²) in [5, 5.41) is 40.7. The molecule has 16 heteroatoms. The predicted molar refractivity (Wildman–Crippen MR) is 232 cm³/mol. The average molecular weight is 906 g/mol. The van der Waals surface area contributed by atoms with E-state index in [4.69, 9.17) is 28.4 Å². The topological polar surface area (TPSA) is 231 Å². The van der Waals surface area contributed by atoms with Crippen molar-refractivity contribution in [3.05, 3.63) is 82.9 Å². The first kappa shape index (κ1) is 49.3. The second-order valence-corrected chi connectivity index (χ2v) is 19.5. The second-order valence-electron chi connectivity index (χ2n) is 19.5. The van der Waals surface area contributed by atoms with Crippen molar-refractivity contribution in [2.45, 2.75) is 160 Å². The third kappa shape index (κ3) is 9.19. The van der Waals surface area contributed by atoms with Gasteiger partial charge >= 0.3 is 30.0 Å². The summed E-state index contributed by atoms with van der Waals surface area (Å²) in [4.78, 5) is 84.3. The molecule has 1 heterocycles. The van der Waals surface area contributed by atoms with Crippen LogP contribution in [0.25, 0.3) is 0 Å². The van der Waals surface area contributed by atoms with Crippen molar-refractivity contribution in [2.75, 3.05) is 6.61 Å². The average Bonchev–Trinajstić information content (AvgIpc) is 3.23. The normalized spacial score (nSPS) is 31.2. The fraction of sp³-hybridized carbons (Fsp3) is 0.592. The molecule has 0 spiro atoms. The summed E-state index contributed by atoms with van der Waals surface area (Å²) in [5.74, 6) is -6.10. The fourth-order valence-electron chi connectivity index (χ4n) is 10.4. The van der Waals surface area contributed by atoms with Crippen LogP contribution in [0.5, 0.6) is 0 Å². The van der Waals surface area contributed by atoms with Crippen LogP contribution in [-0.4, -0.2) is 111 Å². The molecule has 4 N–H and O–H groups in total. The van der Waals surface area contributed by atoms with Crippen LogP contribution >= 0.6 is 0 Å². The maximum Gasteiger partial charge on any atom is 0.408 e. The molecule has 4 aliphatic rings. The number of alkyl carbamates (subject to hydrolysis) is 1. The molecule has 2 aromatic rings. The zero-order chi connectivity index (χ0) is 47.9. The van der Waals surface area contributed by atoms with E-state index in [-0.39, 0.29) is 36.2 Å². The zero-order valence-electron chi connectivity index (χ0n) is 38.6. The third-order valence-corrected chi connectivity index (χ3v) is 13.8. The number of amides is 1. The minimum atomic E-state index is -2.39. The molecule has 1 saturated heterocycles. The lowest BCUT2D eigenvalue weighted by molar-refractivity contribution is -0.346. The molecule has 3 fully saturated rings. The van der Waals surface area contributed by atoms with Crippen molar-refractivity contribution >= 4 is 35.8 Å². The van der Waals surface area contributed by atoms with Crippen molar-refractivity contribution in [3.8, 4) is 0 Å². The molecule has 2 bridgehead atoms. The van der Waals surface area contributed by atoms with E-state index in [1.807, 2.05) is 6.92 Å². The van der Waals surface area contributed by atoms with Crippen molar-refractivity contribution in [1.82, 2.24) is 5.32 Å². The first-order valence-electron chi connectivity index (χ1n) is 22.3. The molecule has 6 rings (SSSR count). The molecular formula is C49H63NO15. The molecule has 2 saturated carbocycles. The van der Waals surface area contributed by atoms with Gasteiger partial charge in [0.05, 0.1) is 29.6 Å². The van der Waals surface area contributed by atoms with Crippen LogP contribution in [0, 0.1) is 16.7 Å². The van der Waals surface area contributed by atoms with Crippen LogP contribution in [0.4, 0.5) is 4.79 Å². The number of esters is 4. The van der Waals surface area contributed by atoms with Crippen LogP contribution in [-0.2, 0) is 47.6 Å². The van der Waals surface area contributed by atoms with E-state index < -0.39 is 118 Å². The van der Waals surface area contributed by atoms with Gasteiger partial charge in [-0.2, -0.15) is 0 Å². The van der Waals surface area contributed by atoms with Gasteiger partial charge in [0, 0.05) is 31.6 Å². The van der Waals surface area contributed by atoms with Gasteiger partial charge in [-0.1, -0.05) is 82.1 Å². The van der Waals surface area contributed by atoms with Gasteiger partial charge in [0.1, 0.15) is 41.7 Å². The predicted octanol–water partition coefficient (Wildman–Crippen LogP) is 5.39. The van der Waals surface area contributed by atoms with Crippen LogP contribution in [0.3, 0.4) is 0 Å². The zero-order valence-corrected chi connectivity index (χ0v) is 38.6. The molecular weight excluding hydrogens is 843 g/mol. The number of unbranched alkanes of at least 4 members (excludes halogenated alkanes) is 2. The maximum atomic E-state index is 15.2. The Morgan fingerprint density at radius 1 is 0.938 bits per heavy atom. The van der Waals surface area contributed by atoms with Crippen molar-refractivity contribution in [2.24, 2.45) is 16.7 Å². The maximum absolute atomic E-state index is 15.2. The highest BCUT2D eigenvalue weighted by molar-refractivity contribution is 5.94. The summed E-state index contributed by atoms with van der Waals surface area (Å²) in [6, 6.07) is 14.8. The van der Waals surface area contributed by atoms with Gasteiger partial charge < -0.3 is 49.1 Å². The Kier molecular flexibility index (Phi) is 14.1. The monoisotopic (exact) mass is 905 g/mol.